The second-order valence-corrected chi connectivity index (χ2v) is 3.99. The summed E-state index contributed by atoms with van der Waals surface area (Å²) in [7, 11) is 0. The maximum absolute atomic E-state index is 5.45. The zero-order valence-corrected chi connectivity index (χ0v) is 8.14. The third-order valence-corrected chi connectivity index (χ3v) is 2.50. The number of nitrogen functional groups attached to an aromatic ring is 1. The third kappa shape index (κ3) is 3.09. The SMILES string of the molecule is CC(C)CSc1ncc(N)cn1. The van der Waals surface area contributed by atoms with E-state index >= 15 is 0 Å². The van der Waals surface area contributed by atoms with Gasteiger partial charge < -0.3 is 5.73 Å². The number of rotatable bonds is 3. The highest BCUT2D eigenvalue weighted by Crippen LogP contribution is 2.15. The molecule has 0 fully saturated rings. The minimum atomic E-state index is 0.615. The number of anilines is 1. The van der Waals surface area contributed by atoms with Crippen LogP contribution in [0.4, 0.5) is 5.69 Å². The van der Waals surface area contributed by atoms with E-state index in [-0.39, 0.29) is 0 Å². The highest BCUT2D eigenvalue weighted by atomic mass is 32.2. The maximum atomic E-state index is 5.45. The molecular formula is C8H13N3S. The minimum absolute atomic E-state index is 0.615. The van der Waals surface area contributed by atoms with E-state index in [2.05, 4.69) is 23.8 Å². The molecule has 4 heteroatoms. The number of hydrogen-bond acceptors (Lipinski definition) is 4. The molecule has 0 radical (unpaired) electrons. The van der Waals surface area contributed by atoms with E-state index < -0.39 is 0 Å². The van der Waals surface area contributed by atoms with Gasteiger partial charge in [-0.05, 0) is 5.92 Å². The summed E-state index contributed by atoms with van der Waals surface area (Å²) in [5.41, 5.74) is 6.06. The number of thioether (sulfide) groups is 1. The second kappa shape index (κ2) is 4.30. The average Bonchev–Trinajstić information content (AvgIpc) is 2.03. The van der Waals surface area contributed by atoms with Crippen molar-refractivity contribution in [2.24, 2.45) is 5.92 Å². The van der Waals surface area contributed by atoms with Crippen molar-refractivity contribution in [1.82, 2.24) is 9.97 Å². The van der Waals surface area contributed by atoms with E-state index in [9.17, 15) is 0 Å². The summed E-state index contributed by atoms with van der Waals surface area (Å²) in [4.78, 5) is 8.15. The lowest BCUT2D eigenvalue weighted by Gasteiger charge is -2.02. The lowest BCUT2D eigenvalue weighted by molar-refractivity contribution is 0.748. The molecule has 0 saturated carbocycles. The van der Waals surface area contributed by atoms with E-state index in [1.807, 2.05) is 0 Å². The second-order valence-electron chi connectivity index (χ2n) is 3.00. The number of nitrogens with zero attached hydrogens (tertiary/aromatic N) is 2. The van der Waals surface area contributed by atoms with Crippen molar-refractivity contribution >= 4 is 17.4 Å². The predicted molar refractivity (Wildman–Crippen MR) is 52.0 cm³/mol. The molecule has 1 aromatic rings. The molecule has 0 aromatic carbocycles. The van der Waals surface area contributed by atoms with Crippen LogP contribution in [0.1, 0.15) is 13.8 Å². The quantitative estimate of drug-likeness (QED) is 0.573. The Hall–Kier alpha value is -0.770. The molecule has 1 rings (SSSR count). The van der Waals surface area contributed by atoms with Crippen molar-refractivity contribution in [3.8, 4) is 0 Å². The van der Waals surface area contributed by atoms with Crippen molar-refractivity contribution in [2.75, 3.05) is 11.5 Å². The van der Waals surface area contributed by atoms with Crippen molar-refractivity contribution in [3.05, 3.63) is 12.4 Å². The van der Waals surface area contributed by atoms with Crippen LogP contribution in [0, 0.1) is 5.92 Å². The molecule has 12 heavy (non-hydrogen) atoms. The molecule has 66 valence electrons. The highest BCUT2D eigenvalue weighted by Gasteiger charge is 1.98. The molecular weight excluding hydrogens is 170 g/mol. The Morgan fingerprint density at radius 3 is 2.50 bits per heavy atom. The van der Waals surface area contributed by atoms with Gasteiger partial charge in [-0.3, -0.25) is 0 Å². The van der Waals surface area contributed by atoms with Crippen LogP contribution in [0.3, 0.4) is 0 Å². The summed E-state index contributed by atoms with van der Waals surface area (Å²) in [5.74, 6) is 1.71. The van der Waals surface area contributed by atoms with Gasteiger partial charge in [-0.15, -0.1) is 0 Å². The summed E-state index contributed by atoms with van der Waals surface area (Å²) in [6.45, 7) is 4.34. The highest BCUT2D eigenvalue weighted by molar-refractivity contribution is 7.99. The molecule has 0 amide bonds. The first-order valence-electron chi connectivity index (χ1n) is 3.89. The minimum Gasteiger partial charge on any atom is -0.396 e. The summed E-state index contributed by atoms with van der Waals surface area (Å²) in [5, 5.41) is 0.804. The Bertz CT molecular complexity index is 233. The average molecular weight is 183 g/mol. The Kier molecular flexibility index (Phi) is 3.34. The van der Waals surface area contributed by atoms with Crippen LogP contribution < -0.4 is 5.73 Å². The Labute approximate surface area is 76.8 Å². The van der Waals surface area contributed by atoms with Crippen LogP contribution >= 0.6 is 11.8 Å². The largest absolute Gasteiger partial charge is 0.396 e. The van der Waals surface area contributed by atoms with Crippen molar-refractivity contribution < 1.29 is 0 Å². The molecule has 0 aliphatic rings. The molecule has 0 aliphatic carbocycles. The van der Waals surface area contributed by atoms with Crippen molar-refractivity contribution in [1.29, 1.82) is 0 Å². The van der Waals surface area contributed by atoms with Gasteiger partial charge in [0.05, 0.1) is 18.1 Å². The van der Waals surface area contributed by atoms with Gasteiger partial charge in [0.15, 0.2) is 5.16 Å². The molecule has 0 bridgehead atoms. The lowest BCUT2D eigenvalue weighted by atomic mass is 10.3. The fourth-order valence-corrected chi connectivity index (χ4v) is 1.38. The van der Waals surface area contributed by atoms with E-state index in [0.29, 0.717) is 11.6 Å². The molecule has 0 unspecified atom stereocenters. The Balaban J connectivity index is 2.48. The van der Waals surface area contributed by atoms with E-state index in [4.69, 9.17) is 5.73 Å². The number of hydrogen-bond donors (Lipinski definition) is 1. The van der Waals surface area contributed by atoms with Gasteiger partial charge in [-0.1, -0.05) is 25.6 Å². The van der Waals surface area contributed by atoms with E-state index in [0.717, 1.165) is 10.9 Å². The smallest absolute Gasteiger partial charge is 0.187 e. The van der Waals surface area contributed by atoms with Crippen LogP contribution in [0.5, 0.6) is 0 Å². The van der Waals surface area contributed by atoms with Gasteiger partial charge in [0.2, 0.25) is 0 Å². The fourth-order valence-electron chi connectivity index (χ4n) is 0.642. The first kappa shape index (κ1) is 9.32. The lowest BCUT2D eigenvalue weighted by Crippen LogP contribution is -1.94. The fraction of sp³-hybridized carbons (Fsp3) is 0.500. The van der Waals surface area contributed by atoms with Gasteiger partial charge in [0.25, 0.3) is 0 Å². The third-order valence-electron chi connectivity index (χ3n) is 1.19. The number of nitrogens with two attached hydrogens (primary N) is 1. The van der Waals surface area contributed by atoms with E-state index in [1.54, 1.807) is 24.2 Å². The van der Waals surface area contributed by atoms with Crippen LogP contribution in [0.25, 0.3) is 0 Å². The van der Waals surface area contributed by atoms with Crippen molar-refractivity contribution in [2.45, 2.75) is 19.0 Å². The van der Waals surface area contributed by atoms with Crippen LogP contribution in [-0.4, -0.2) is 15.7 Å². The topological polar surface area (TPSA) is 51.8 Å². The monoisotopic (exact) mass is 183 g/mol. The predicted octanol–water partition coefficient (Wildman–Crippen LogP) is 1.81. The van der Waals surface area contributed by atoms with Gasteiger partial charge in [0.1, 0.15) is 0 Å². The summed E-state index contributed by atoms with van der Waals surface area (Å²) in [6.07, 6.45) is 3.27. The normalized spacial score (nSPS) is 10.6. The zero-order chi connectivity index (χ0) is 8.97. The first-order chi connectivity index (χ1) is 5.68. The van der Waals surface area contributed by atoms with Gasteiger partial charge in [-0.2, -0.15) is 0 Å². The first-order valence-corrected chi connectivity index (χ1v) is 4.87. The standard InChI is InChI=1S/C8H13N3S/c1-6(2)5-12-8-10-3-7(9)4-11-8/h3-4,6H,5,9H2,1-2H3. The summed E-state index contributed by atoms with van der Waals surface area (Å²) < 4.78 is 0. The maximum Gasteiger partial charge on any atom is 0.187 e. The van der Waals surface area contributed by atoms with Crippen LogP contribution in [0.15, 0.2) is 17.6 Å². The molecule has 1 aromatic heterocycles. The summed E-state index contributed by atoms with van der Waals surface area (Å²) in [6, 6.07) is 0. The molecule has 0 spiro atoms. The van der Waals surface area contributed by atoms with Gasteiger partial charge >= 0.3 is 0 Å². The molecule has 0 atom stereocenters. The van der Waals surface area contributed by atoms with Crippen molar-refractivity contribution in [3.63, 3.8) is 0 Å². The zero-order valence-electron chi connectivity index (χ0n) is 7.32. The summed E-state index contributed by atoms with van der Waals surface area (Å²) >= 11 is 1.66. The Morgan fingerprint density at radius 1 is 1.42 bits per heavy atom. The van der Waals surface area contributed by atoms with E-state index in [1.165, 1.54) is 0 Å². The van der Waals surface area contributed by atoms with Gasteiger partial charge in [-0.25, -0.2) is 9.97 Å². The molecule has 0 saturated heterocycles. The number of aromatic nitrogens is 2. The van der Waals surface area contributed by atoms with Crippen LogP contribution in [0.2, 0.25) is 0 Å². The molecule has 1 heterocycles. The molecule has 3 nitrogen and oxygen atoms in total. The van der Waals surface area contributed by atoms with Gasteiger partial charge in [0, 0.05) is 5.75 Å². The Morgan fingerprint density at radius 2 is 2.00 bits per heavy atom. The molecule has 0 aliphatic heterocycles. The van der Waals surface area contributed by atoms with Crippen LogP contribution in [-0.2, 0) is 0 Å². The molecule has 2 N–H and O–H groups in total.